The largest absolute Gasteiger partial charge is 0.0653 e. The highest BCUT2D eigenvalue weighted by Crippen LogP contribution is 2.39. The second kappa shape index (κ2) is 3.72. The molecule has 0 saturated heterocycles. The molecule has 0 bridgehead atoms. The molecular weight excluding hydrogens is 139 g/mol. The van der Waals surface area contributed by atoms with Gasteiger partial charge in [-0.3, -0.25) is 0 Å². The zero-order valence-electron chi connectivity index (χ0n) is 6.90. The van der Waals surface area contributed by atoms with Gasteiger partial charge in [0, 0.05) is 0 Å². The third-order valence-electron chi connectivity index (χ3n) is 2.50. The first kappa shape index (κ1) is 8.53. The lowest BCUT2D eigenvalue weighted by atomic mass is 9.85. The zero-order valence-corrected chi connectivity index (χ0v) is 7.79. The highest BCUT2D eigenvalue weighted by Gasteiger charge is 2.26. The van der Waals surface area contributed by atoms with Gasteiger partial charge in [-0.05, 0) is 33.7 Å². The average molecular weight is 156 g/mol. The van der Waals surface area contributed by atoms with E-state index in [1.165, 1.54) is 44.9 Å². The van der Waals surface area contributed by atoms with Gasteiger partial charge in [0.15, 0.2) is 0 Å². The Morgan fingerprint density at radius 2 is 1.80 bits per heavy atom. The predicted molar refractivity (Wildman–Crippen MR) is 47.6 cm³/mol. The Morgan fingerprint density at radius 3 is 2.30 bits per heavy atom. The van der Waals surface area contributed by atoms with Crippen LogP contribution in [0.15, 0.2) is 0 Å². The van der Waals surface area contributed by atoms with Crippen LogP contribution in [0.2, 0.25) is 0 Å². The molecule has 1 fully saturated rings. The van der Waals surface area contributed by atoms with Gasteiger partial charge in [-0.25, -0.2) is 0 Å². The maximum atomic E-state index is 4.73. The number of rotatable bonds is 2. The quantitative estimate of drug-likeness (QED) is 0.532. The Labute approximate surface area is 67.0 Å². The molecule has 0 spiro atoms. The lowest BCUT2D eigenvalue weighted by molar-refractivity contribution is 0.374. The molecule has 0 aliphatic heterocycles. The van der Waals surface area contributed by atoms with Gasteiger partial charge in [-0.1, -0.05) is 32.6 Å². The minimum absolute atomic E-state index is 0.424. The summed E-state index contributed by atoms with van der Waals surface area (Å²) in [5.74, 6) is 0. The van der Waals surface area contributed by atoms with Crippen molar-refractivity contribution in [3.05, 3.63) is 0 Å². The Bertz CT molecular complexity index is 87.4. The molecule has 1 saturated carbocycles. The topological polar surface area (TPSA) is 0 Å². The molecule has 0 N–H and O–H groups in total. The molecule has 0 unspecified atom stereocenters. The van der Waals surface area contributed by atoms with Gasteiger partial charge in [0.1, 0.15) is 0 Å². The van der Waals surface area contributed by atoms with Gasteiger partial charge in [0.25, 0.3) is 0 Å². The van der Waals surface area contributed by atoms with Crippen molar-refractivity contribution in [2.24, 2.45) is 0 Å². The third-order valence-corrected chi connectivity index (χ3v) is 3.17. The van der Waals surface area contributed by atoms with E-state index in [0.717, 1.165) is 0 Å². The van der Waals surface area contributed by atoms with Crippen LogP contribution in [0.5, 0.6) is 0 Å². The van der Waals surface area contributed by atoms with Crippen LogP contribution >= 0.6 is 9.24 Å². The summed E-state index contributed by atoms with van der Waals surface area (Å²) >= 11 is 0. The first-order valence-electron chi connectivity index (χ1n) is 4.49. The highest BCUT2D eigenvalue weighted by molar-refractivity contribution is 7.19. The first-order chi connectivity index (χ1) is 4.77. The predicted octanol–water partition coefficient (Wildman–Crippen LogP) is 3.90. The van der Waals surface area contributed by atoms with E-state index in [0.29, 0.717) is 5.16 Å². The molecule has 10 heavy (non-hydrogen) atoms. The van der Waals surface area contributed by atoms with E-state index >= 15 is 0 Å². The molecule has 0 atom stereocenters. The Hall–Kier alpha value is 0.430. The SMILES string of the molecule is CCCC1([P])CCCCC1. The summed E-state index contributed by atoms with van der Waals surface area (Å²) in [6.07, 6.45) is 9.56. The summed E-state index contributed by atoms with van der Waals surface area (Å²) in [6, 6.07) is 0. The monoisotopic (exact) mass is 156 g/mol. The minimum Gasteiger partial charge on any atom is -0.0653 e. The van der Waals surface area contributed by atoms with Crippen molar-refractivity contribution in [3.63, 3.8) is 0 Å². The van der Waals surface area contributed by atoms with Gasteiger partial charge >= 0.3 is 0 Å². The fraction of sp³-hybridized carbons (Fsp3) is 1.00. The summed E-state index contributed by atoms with van der Waals surface area (Å²) in [5.41, 5.74) is 0. The normalized spacial score (nSPS) is 24.6. The molecule has 1 aliphatic rings. The maximum absolute atomic E-state index is 4.73. The van der Waals surface area contributed by atoms with Gasteiger partial charge in [0.2, 0.25) is 0 Å². The van der Waals surface area contributed by atoms with Crippen LogP contribution in [-0.2, 0) is 0 Å². The molecule has 0 aromatic carbocycles. The second-order valence-corrected chi connectivity index (χ2v) is 4.48. The van der Waals surface area contributed by atoms with Crippen molar-refractivity contribution < 1.29 is 0 Å². The van der Waals surface area contributed by atoms with Gasteiger partial charge in [-0.15, -0.1) is 0 Å². The fourth-order valence-corrected chi connectivity index (χ4v) is 2.47. The van der Waals surface area contributed by atoms with Crippen LogP contribution in [-0.4, -0.2) is 5.16 Å². The van der Waals surface area contributed by atoms with Crippen LogP contribution in [0.3, 0.4) is 0 Å². The average Bonchev–Trinajstić information content (AvgIpc) is 1.89. The molecule has 0 amide bonds. The summed E-state index contributed by atoms with van der Waals surface area (Å²) in [5, 5.41) is 0.424. The summed E-state index contributed by atoms with van der Waals surface area (Å²) < 4.78 is 0. The molecular formula is C9H17P. The zero-order chi connectivity index (χ0) is 7.45. The van der Waals surface area contributed by atoms with Crippen LogP contribution < -0.4 is 0 Å². The van der Waals surface area contributed by atoms with E-state index in [4.69, 9.17) is 9.24 Å². The van der Waals surface area contributed by atoms with Crippen molar-refractivity contribution >= 4 is 9.24 Å². The lowest BCUT2D eigenvalue weighted by Crippen LogP contribution is -2.23. The molecule has 1 aliphatic carbocycles. The first-order valence-corrected chi connectivity index (χ1v) is 4.94. The second-order valence-electron chi connectivity index (χ2n) is 3.54. The summed E-state index contributed by atoms with van der Waals surface area (Å²) in [4.78, 5) is 0. The van der Waals surface area contributed by atoms with E-state index in [-0.39, 0.29) is 0 Å². The fourth-order valence-electron chi connectivity index (χ4n) is 1.93. The van der Waals surface area contributed by atoms with Crippen LogP contribution in [0.25, 0.3) is 0 Å². The summed E-state index contributed by atoms with van der Waals surface area (Å²) in [6.45, 7) is 2.26. The standard InChI is InChI=1S/C9H17P/c1-2-6-9(10)7-4-3-5-8-9/h2-8H2,1H3. The smallest absolute Gasteiger partial charge is 0.00107 e. The van der Waals surface area contributed by atoms with Crippen molar-refractivity contribution in [2.45, 2.75) is 57.0 Å². The molecule has 0 aromatic heterocycles. The Kier molecular flexibility index (Phi) is 3.17. The molecule has 1 heteroatoms. The van der Waals surface area contributed by atoms with Crippen molar-refractivity contribution in [2.75, 3.05) is 0 Å². The Balaban J connectivity index is 2.32. The highest BCUT2D eigenvalue weighted by atomic mass is 31.0. The van der Waals surface area contributed by atoms with Crippen LogP contribution in [0.1, 0.15) is 51.9 Å². The molecule has 0 aromatic rings. The molecule has 0 nitrogen and oxygen atoms in total. The van der Waals surface area contributed by atoms with E-state index in [1.807, 2.05) is 0 Å². The molecule has 2 radical (unpaired) electrons. The maximum Gasteiger partial charge on any atom is -0.00107 e. The van der Waals surface area contributed by atoms with Crippen molar-refractivity contribution in [1.29, 1.82) is 0 Å². The lowest BCUT2D eigenvalue weighted by Gasteiger charge is -2.31. The van der Waals surface area contributed by atoms with E-state index in [1.54, 1.807) is 0 Å². The number of hydrogen-bond donors (Lipinski definition) is 0. The third kappa shape index (κ3) is 2.23. The summed E-state index contributed by atoms with van der Waals surface area (Å²) in [7, 11) is 4.73. The van der Waals surface area contributed by atoms with Crippen LogP contribution in [0.4, 0.5) is 0 Å². The Morgan fingerprint density at radius 1 is 1.20 bits per heavy atom. The van der Waals surface area contributed by atoms with Crippen molar-refractivity contribution in [1.82, 2.24) is 0 Å². The van der Waals surface area contributed by atoms with Gasteiger partial charge < -0.3 is 0 Å². The number of hydrogen-bond acceptors (Lipinski definition) is 0. The van der Waals surface area contributed by atoms with Gasteiger partial charge in [0.05, 0.1) is 0 Å². The molecule has 0 heterocycles. The van der Waals surface area contributed by atoms with Crippen molar-refractivity contribution in [3.8, 4) is 0 Å². The van der Waals surface area contributed by atoms with Crippen LogP contribution in [0, 0.1) is 0 Å². The van der Waals surface area contributed by atoms with Gasteiger partial charge in [-0.2, -0.15) is 0 Å². The minimum atomic E-state index is 0.424. The van der Waals surface area contributed by atoms with E-state index in [9.17, 15) is 0 Å². The molecule has 1 rings (SSSR count). The van der Waals surface area contributed by atoms with E-state index < -0.39 is 0 Å². The molecule has 58 valence electrons. The van der Waals surface area contributed by atoms with E-state index in [2.05, 4.69) is 6.92 Å².